The highest BCUT2D eigenvalue weighted by Gasteiger charge is 2.27. The van der Waals surface area contributed by atoms with Crippen molar-refractivity contribution in [3.8, 4) is 0 Å². The Morgan fingerprint density at radius 3 is 2.21 bits per heavy atom. The van der Waals surface area contributed by atoms with Crippen molar-refractivity contribution >= 4 is 21.6 Å². The lowest BCUT2D eigenvalue weighted by molar-refractivity contribution is -0.120. The van der Waals surface area contributed by atoms with Gasteiger partial charge in [-0.25, -0.2) is 12.8 Å². The van der Waals surface area contributed by atoms with Gasteiger partial charge in [-0.1, -0.05) is 18.2 Å². The molecule has 2 rings (SSSR count). The second-order valence-corrected chi connectivity index (χ2v) is 7.39. The van der Waals surface area contributed by atoms with Crippen LogP contribution in [-0.2, 0) is 14.8 Å². The monoisotopic (exact) mass is 350 g/mol. The molecule has 0 aliphatic rings. The third-order valence-corrected chi connectivity index (χ3v) is 4.97. The van der Waals surface area contributed by atoms with Gasteiger partial charge in [-0.15, -0.1) is 0 Å². The fourth-order valence-electron chi connectivity index (χ4n) is 2.14. The van der Waals surface area contributed by atoms with Crippen LogP contribution < -0.4 is 9.62 Å². The number of halogens is 1. The Balaban J connectivity index is 2.41. The van der Waals surface area contributed by atoms with Gasteiger partial charge in [0.15, 0.2) is 0 Å². The van der Waals surface area contributed by atoms with E-state index in [1.165, 1.54) is 12.1 Å². The highest BCUT2D eigenvalue weighted by molar-refractivity contribution is 7.92. The number of rotatable bonds is 6. The number of hydrogen-bond acceptors (Lipinski definition) is 3. The van der Waals surface area contributed by atoms with Crippen molar-refractivity contribution in [3.05, 3.63) is 60.4 Å². The molecule has 128 valence electrons. The average Bonchev–Trinajstić information content (AvgIpc) is 2.53. The summed E-state index contributed by atoms with van der Waals surface area (Å²) in [6, 6.07) is 12.7. The van der Waals surface area contributed by atoms with Crippen LogP contribution in [0.25, 0.3) is 0 Å². The van der Waals surface area contributed by atoms with Gasteiger partial charge in [0.2, 0.25) is 5.91 Å². The number of hydrogen-bond donors (Lipinski definition) is 1. The quantitative estimate of drug-likeness (QED) is 0.871. The van der Waals surface area contributed by atoms with Crippen molar-refractivity contribution in [1.29, 1.82) is 0 Å². The zero-order valence-corrected chi connectivity index (χ0v) is 14.3. The number of amides is 1. The van der Waals surface area contributed by atoms with Crippen LogP contribution in [0, 0.1) is 5.82 Å². The summed E-state index contributed by atoms with van der Waals surface area (Å²) in [5.74, 6) is -0.947. The normalized spacial score (nSPS) is 11.3. The highest BCUT2D eigenvalue weighted by atomic mass is 32.2. The summed E-state index contributed by atoms with van der Waals surface area (Å²) in [6.07, 6.45) is 0. The van der Waals surface area contributed by atoms with Crippen LogP contribution in [-0.4, -0.2) is 26.9 Å². The standard InChI is InChI=1S/C17H19FN2O3S/c1-13(2)19-17(21)12-20(15-6-4-3-5-7-15)24(22,23)16-10-8-14(18)9-11-16/h3-11,13H,12H2,1-2H3,(H,19,21). The van der Waals surface area contributed by atoms with Crippen LogP contribution >= 0.6 is 0 Å². The molecule has 2 aromatic rings. The van der Waals surface area contributed by atoms with E-state index in [4.69, 9.17) is 0 Å². The van der Waals surface area contributed by atoms with Gasteiger partial charge in [0, 0.05) is 6.04 Å². The zero-order chi connectivity index (χ0) is 17.7. The third kappa shape index (κ3) is 4.32. The van der Waals surface area contributed by atoms with Gasteiger partial charge in [0.25, 0.3) is 10.0 Å². The summed E-state index contributed by atoms with van der Waals surface area (Å²) in [6.45, 7) is 3.22. The van der Waals surface area contributed by atoms with Gasteiger partial charge >= 0.3 is 0 Å². The highest BCUT2D eigenvalue weighted by Crippen LogP contribution is 2.23. The summed E-state index contributed by atoms with van der Waals surface area (Å²) >= 11 is 0. The molecule has 24 heavy (non-hydrogen) atoms. The van der Waals surface area contributed by atoms with Crippen molar-refractivity contribution in [1.82, 2.24) is 5.32 Å². The Labute approximate surface area is 141 Å². The molecule has 0 unspecified atom stereocenters. The van der Waals surface area contributed by atoms with Crippen LogP contribution in [0.1, 0.15) is 13.8 Å². The molecule has 0 saturated heterocycles. The lowest BCUT2D eigenvalue weighted by atomic mass is 10.3. The largest absolute Gasteiger partial charge is 0.352 e. The van der Waals surface area contributed by atoms with Crippen LogP contribution in [0.2, 0.25) is 0 Å². The minimum atomic E-state index is -4.00. The van der Waals surface area contributed by atoms with Crippen molar-refractivity contribution in [2.75, 3.05) is 10.8 Å². The van der Waals surface area contributed by atoms with Gasteiger partial charge < -0.3 is 5.32 Å². The molecule has 5 nitrogen and oxygen atoms in total. The molecule has 1 N–H and O–H groups in total. The Morgan fingerprint density at radius 2 is 1.67 bits per heavy atom. The van der Waals surface area contributed by atoms with E-state index in [9.17, 15) is 17.6 Å². The molecule has 0 aliphatic heterocycles. The van der Waals surface area contributed by atoms with E-state index in [1.807, 2.05) is 0 Å². The Morgan fingerprint density at radius 1 is 1.08 bits per heavy atom. The Kier molecular flexibility index (Phi) is 5.56. The fourth-order valence-corrected chi connectivity index (χ4v) is 3.56. The van der Waals surface area contributed by atoms with E-state index in [1.54, 1.807) is 44.2 Å². The molecule has 0 spiro atoms. The molecule has 0 saturated carbocycles. The molecule has 0 atom stereocenters. The molecule has 0 radical (unpaired) electrons. The number of carbonyl (C=O) groups excluding carboxylic acids is 1. The summed E-state index contributed by atoms with van der Waals surface area (Å²) in [5.41, 5.74) is 0.362. The van der Waals surface area contributed by atoms with E-state index in [0.717, 1.165) is 16.4 Å². The SMILES string of the molecule is CC(C)NC(=O)CN(c1ccccc1)S(=O)(=O)c1ccc(F)cc1. The first-order valence-corrected chi connectivity index (χ1v) is 8.87. The second-order valence-electron chi connectivity index (χ2n) is 5.52. The molecule has 0 bridgehead atoms. The average molecular weight is 350 g/mol. The second kappa shape index (κ2) is 7.44. The number of para-hydroxylation sites is 1. The van der Waals surface area contributed by atoms with Gasteiger partial charge in [-0.3, -0.25) is 9.10 Å². The van der Waals surface area contributed by atoms with Crippen LogP contribution in [0.4, 0.5) is 10.1 Å². The van der Waals surface area contributed by atoms with Crippen LogP contribution in [0.3, 0.4) is 0 Å². The minimum Gasteiger partial charge on any atom is -0.352 e. The number of nitrogens with zero attached hydrogens (tertiary/aromatic N) is 1. The third-order valence-electron chi connectivity index (χ3n) is 3.18. The zero-order valence-electron chi connectivity index (χ0n) is 13.4. The van der Waals surface area contributed by atoms with Gasteiger partial charge in [0.1, 0.15) is 12.4 Å². The first kappa shape index (κ1) is 17.9. The molecule has 0 heterocycles. The first-order chi connectivity index (χ1) is 11.3. The number of sulfonamides is 1. The Bertz CT molecular complexity index is 790. The van der Waals surface area contributed by atoms with Crippen molar-refractivity contribution in [2.45, 2.75) is 24.8 Å². The molecule has 0 aliphatic carbocycles. The maximum Gasteiger partial charge on any atom is 0.264 e. The van der Waals surface area contributed by atoms with Gasteiger partial charge in [-0.2, -0.15) is 0 Å². The number of carbonyl (C=O) groups is 1. The van der Waals surface area contributed by atoms with Crippen LogP contribution in [0.5, 0.6) is 0 Å². The van der Waals surface area contributed by atoms with Crippen molar-refractivity contribution < 1.29 is 17.6 Å². The van der Waals surface area contributed by atoms with Crippen molar-refractivity contribution in [3.63, 3.8) is 0 Å². The van der Waals surface area contributed by atoms with E-state index in [0.29, 0.717) is 5.69 Å². The molecule has 2 aromatic carbocycles. The van der Waals surface area contributed by atoms with Gasteiger partial charge in [-0.05, 0) is 50.2 Å². The topological polar surface area (TPSA) is 66.5 Å². The predicted octanol–water partition coefficient (Wildman–Crippen LogP) is 2.55. The maximum absolute atomic E-state index is 13.1. The summed E-state index contributed by atoms with van der Waals surface area (Å²) in [5, 5.41) is 2.67. The van der Waals surface area contributed by atoms with Crippen LogP contribution in [0.15, 0.2) is 59.5 Å². The fraction of sp³-hybridized carbons (Fsp3) is 0.235. The number of benzene rings is 2. The van der Waals surface area contributed by atoms with E-state index in [2.05, 4.69) is 5.32 Å². The smallest absolute Gasteiger partial charge is 0.264 e. The summed E-state index contributed by atoms with van der Waals surface area (Å²) in [4.78, 5) is 12.0. The van der Waals surface area contributed by atoms with Gasteiger partial charge in [0.05, 0.1) is 10.6 Å². The van der Waals surface area contributed by atoms with E-state index in [-0.39, 0.29) is 17.5 Å². The molecular formula is C17H19FN2O3S. The molecule has 0 aromatic heterocycles. The molecule has 7 heteroatoms. The summed E-state index contributed by atoms with van der Waals surface area (Å²) in [7, 11) is -4.00. The lowest BCUT2D eigenvalue weighted by Gasteiger charge is -2.24. The molecule has 1 amide bonds. The Hall–Kier alpha value is -2.41. The van der Waals surface area contributed by atoms with E-state index >= 15 is 0 Å². The van der Waals surface area contributed by atoms with Crippen molar-refractivity contribution in [2.24, 2.45) is 0 Å². The molecule has 0 fully saturated rings. The first-order valence-electron chi connectivity index (χ1n) is 7.43. The number of nitrogens with one attached hydrogen (secondary N) is 1. The lowest BCUT2D eigenvalue weighted by Crippen LogP contribution is -2.42. The molecular weight excluding hydrogens is 331 g/mol. The van der Waals surface area contributed by atoms with E-state index < -0.39 is 21.7 Å². The predicted molar refractivity (Wildman–Crippen MR) is 90.7 cm³/mol. The number of anilines is 1. The maximum atomic E-state index is 13.1. The minimum absolute atomic E-state index is 0.0786. The summed E-state index contributed by atoms with van der Waals surface area (Å²) < 4.78 is 39.9.